The van der Waals surface area contributed by atoms with Crippen LogP contribution in [0.25, 0.3) is 0 Å². The maximum Gasteiger partial charge on any atom is 0.330 e. The third-order valence-corrected chi connectivity index (χ3v) is 2.43. The molecule has 0 saturated carbocycles. The molecule has 1 rings (SSSR count). The van der Waals surface area contributed by atoms with Crippen molar-refractivity contribution in [3.8, 4) is 0 Å². The lowest BCUT2D eigenvalue weighted by atomic mass is 10.1. The van der Waals surface area contributed by atoms with E-state index in [4.69, 9.17) is 11.5 Å². The summed E-state index contributed by atoms with van der Waals surface area (Å²) in [6.07, 6.45) is 1.12. The Morgan fingerprint density at radius 2 is 1.89 bits per heavy atom. The fourth-order valence-corrected chi connectivity index (χ4v) is 1.44. The molecule has 0 fully saturated rings. The van der Waals surface area contributed by atoms with Crippen LogP contribution in [0, 0.1) is 0 Å². The van der Waals surface area contributed by atoms with Crippen LogP contribution in [0.4, 0.5) is 0 Å². The molecule has 1 atom stereocenters. The normalized spacial score (nSPS) is 11.9. The van der Waals surface area contributed by atoms with E-state index in [1.54, 1.807) is 12.1 Å². The van der Waals surface area contributed by atoms with Gasteiger partial charge in [0.1, 0.15) is 6.04 Å². The summed E-state index contributed by atoms with van der Waals surface area (Å²) in [5.74, 6) is -1.28. The summed E-state index contributed by atoms with van der Waals surface area (Å²) in [4.78, 5) is 22.9. The highest BCUT2D eigenvalue weighted by molar-refractivity contribution is 5.89. The number of benzene rings is 1. The van der Waals surface area contributed by atoms with Crippen LogP contribution in [0.3, 0.4) is 0 Å². The Balaban J connectivity index is 2.38. The predicted molar refractivity (Wildman–Crippen MR) is 67.5 cm³/mol. The molecule has 0 radical (unpaired) electrons. The van der Waals surface area contributed by atoms with Gasteiger partial charge in [0.2, 0.25) is 0 Å². The summed E-state index contributed by atoms with van der Waals surface area (Å²) in [6.45, 7) is 0.457. The lowest BCUT2D eigenvalue weighted by Crippen LogP contribution is -2.34. The first kappa shape index (κ1) is 14.3. The molecule has 0 aliphatic heterocycles. The number of esters is 2. The highest BCUT2D eigenvalue weighted by Gasteiger charge is 2.18. The SMILES string of the molecule is NCCC[C@@H](N)C(=O)OC(=O)Cc1ccccc1. The van der Waals surface area contributed by atoms with Gasteiger partial charge in [-0.3, -0.25) is 4.79 Å². The number of hydrogen-bond donors (Lipinski definition) is 2. The molecule has 0 heterocycles. The first-order valence-electron chi connectivity index (χ1n) is 5.87. The molecule has 5 nitrogen and oxygen atoms in total. The number of rotatable bonds is 6. The molecule has 98 valence electrons. The van der Waals surface area contributed by atoms with Crippen molar-refractivity contribution in [1.29, 1.82) is 0 Å². The molecule has 4 N–H and O–H groups in total. The predicted octanol–water partition coefficient (Wildman–Crippen LogP) is 0.365. The van der Waals surface area contributed by atoms with Gasteiger partial charge in [-0.25, -0.2) is 4.79 Å². The lowest BCUT2D eigenvalue weighted by Gasteiger charge is -2.09. The van der Waals surface area contributed by atoms with Crippen LogP contribution in [0.5, 0.6) is 0 Å². The van der Waals surface area contributed by atoms with E-state index in [1.807, 2.05) is 18.2 Å². The number of ether oxygens (including phenoxy) is 1. The topological polar surface area (TPSA) is 95.4 Å². The minimum Gasteiger partial charge on any atom is -0.392 e. The Morgan fingerprint density at radius 3 is 2.50 bits per heavy atom. The Bertz CT molecular complexity index is 392. The van der Waals surface area contributed by atoms with E-state index < -0.39 is 18.0 Å². The van der Waals surface area contributed by atoms with Gasteiger partial charge in [-0.2, -0.15) is 0 Å². The molecule has 18 heavy (non-hydrogen) atoms. The maximum absolute atomic E-state index is 11.5. The third kappa shape index (κ3) is 5.07. The second-order valence-corrected chi connectivity index (χ2v) is 3.99. The average Bonchev–Trinajstić information content (AvgIpc) is 2.36. The average molecular weight is 250 g/mol. The van der Waals surface area contributed by atoms with Crippen molar-refractivity contribution >= 4 is 11.9 Å². The van der Waals surface area contributed by atoms with E-state index in [0.717, 1.165) is 5.56 Å². The first-order valence-corrected chi connectivity index (χ1v) is 5.87. The summed E-state index contributed by atoms with van der Waals surface area (Å²) < 4.78 is 4.67. The summed E-state index contributed by atoms with van der Waals surface area (Å²) in [6, 6.07) is 8.28. The van der Waals surface area contributed by atoms with Crippen LogP contribution < -0.4 is 11.5 Å². The van der Waals surface area contributed by atoms with Crippen molar-refractivity contribution in [3.05, 3.63) is 35.9 Å². The summed E-state index contributed by atoms with van der Waals surface area (Å²) in [7, 11) is 0. The molecule has 0 aliphatic rings. The smallest absolute Gasteiger partial charge is 0.330 e. The minimum absolute atomic E-state index is 0.0657. The number of carbonyl (C=O) groups excluding carboxylic acids is 2. The van der Waals surface area contributed by atoms with E-state index in [0.29, 0.717) is 19.4 Å². The molecular weight excluding hydrogens is 232 g/mol. The zero-order valence-electron chi connectivity index (χ0n) is 10.2. The molecule has 0 aliphatic carbocycles. The van der Waals surface area contributed by atoms with Crippen molar-refractivity contribution < 1.29 is 14.3 Å². The van der Waals surface area contributed by atoms with Gasteiger partial charge in [-0.1, -0.05) is 30.3 Å². The lowest BCUT2D eigenvalue weighted by molar-refractivity contribution is -0.160. The summed E-state index contributed by atoms with van der Waals surface area (Å²) in [5, 5.41) is 0. The maximum atomic E-state index is 11.5. The Morgan fingerprint density at radius 1 is 1.22 bits per heavy atom. The summed E-state index contributed by atoms with van der Waals surface area (Å²) in [5.41, 5.74) is 11.7. The van der Waals surface area contributed by atoms with E-state index in [-0.39, 0.29) is 6.42 Å². The van der Waals surface area contributed by atoms with Crippen LogP contribution >= 0.6 is 0 Å². The van der Waals surface area contributed by atoms with Gasteiger partial charge in [0.15, 0.2) is 0 Å². The van der Waals surface area contributed by atoms with Crippen LogP contribution in [0.1, 0.15) is 18.4 Å². The molecule has 0 unspecified atom stereocenters. The largest absolute Gasteiger partial charge is 0.392 e. The van der Waals surface area contributed by atoms with Crippen molar-refractivity contribution in [3.63, 3.8) is 0 Å². The van der Waals surface area contributed by atoms with E-state index in [9.17, 15) is 9.59 Å². The fraction of sp³-hybridized carbons (Fsp3) is 0.385. The fourth-order valence-electron chi connectivity index (χ4n) is 1.44. The van der Waals surface area contributed by atoms with Crippen LogP contribution in [0.2, 0.25) is 0 Å². The molecule has 0 aromatic heterocycles. The Hall–Kier alpha value is -1.72. The van der Waals surface area contributed by atoms with Crippen LogP contribution in [-0.2, 0) is 20.7 Å². The Labute approximate surface area is 106 Å². The van der Waals surface area contributed by atoms with Gasteiger partial charge in [-0.15, -0.1) is 0 Å². The van der Waals surface area contributed by atoms with Crippen molar-refractivity contribution in [2.45, 2.75) is 25.3 Å². The molecule has 1 aromatic rings. The van der Waals surface area contributed by atoms with Crippen molar-refractivity contribution in [2.75, 3.05) is 6.54 Å². The molecule has 0 spiro atoms. The zero-order valence-corrected chi connectivity index (χ0v) is 10.2. The van der Waals surface area contributed by atoms with Gasteiger partial charge in [-0.05, 0) is 24.9 Å². The minimum atomic E-state index is -0.784. The van der Waals surface area contributed by atoms with Gasteiger partial charge in [0.05, 0.1) is 6.42 Å². The number of carbonyl (C=O) groups is 2. The Kier molecular flexibility index (Phi) is 6.04. The molecule has 1 aromatic carbocycles. The van der Waals surface area contributed by atoms with Gasteiger partial charge in [0.25, 0.3) is 0 Å². The van der Waals surface area contributed by atoms with Gasteiger partial charge >= 0.3 is 11.9 Å². The molecule has 0 bridgehead atoms. The standard InChI is InChI=1S/C13H18N2O3/c14-8-4-7-11(15)13(17)18-12(16)9-10-5-2-1-3-6-10/h1-3,5-6,11H,4,7-9,14-15H2/t11-/m1/s1. The number of hydrogen-bond acceptors (Lipinski definition) is 5. The highest BCUT2D eigenvalue weighted by atomic mass is 16.6. The van der Waals surface area contributed by atoms with Crippen LogP contribution in [-0.4, -0.2) is 24.5 Å². The van der Waals surface area contributed by atoms with E-state index in [2.05, 4.69) is 4.74 Å². The quantitative estimate of drug-likeness (QED) is 0.561. The zero-order chi connectivity index (χ0) is 13.4. The highest BCUT2D eigenvalue weighted by Crippen LogP contribution is 2.02. The molecular formula is C13H18N2O3. The van der Waals surface area contributed by atoms with Gasteiger partial charge in [0, 0.05) is 0 Å². The van der Waals surface area contributed by atoms with E-state index >= 15 is 0 Å². The number of nitrogens with two attached hydrogens (primary N) is 2. The second kappa shape index (κ2) is 7.58. The molecule has 0 amide bonds. The summed E-state index contributed by atoms with van der Waals surface area (Å²) >= 11 is 0. The monoisotopic (exact) mass is 250 g/mol. The first-order chi connectivity index (χ1) is 8.63. The van der Waals surface area contributed by atoms with Crippen LogP contribution in [0.15, 0.2) is 30.3 Å². The van der Waals surface area contributed by atoms with E-state index in [1.165, 1.54) is 0 Å². The molecule has 5 heteroatoms. The molecule has 0 saturated heterocycles. The van der Waals surface area contributed by atoms with Crippen molar-refractivity contribution in [2.24, 2.45) is 11.5 Å². The van der Waals surface area contributed by atoms with Gasteiger partial charge < -0.3 is 16.2 Å². The third-order valence-electron chi connectivity index (χ3n) is 2.43. The van der Waals surface area contributed by atoms with Crippen molar-refractivity contribution in [1.82, 2.24) is 0 Å². The second-order valence-electron chi connectivity index (χ2n) is 3.99.